The molecule has 0 saturated heterocycles. The second-order valence-electron chi connectivity index (χ2n) is 3.27. The summed E-state index contributed by atoms with van der Waals surface area (Å²) in [7, 11) is 0. The Morgan fingerprint density at radius 1 is 1.44 bits per heavy atom. The maximum atomic E-state index is 13.6. The van der Waals surface area contributed by atoms with Crippen LogP contribution in [0.5, 0.6) is 0 Å². The molecule has 0 atom stereocenters. The van der Waals surface area contributed by atoms with E-state index in [1.165, 1.54) is 6.07 Å². The van der Waals surface area contributed by atoms with E-state index in [-0.39, 0.29) is 10.5 Å². The summed E-state index contributed by atoms with van der Waals surface area (Å²) in [6.45, 7) is 1.88. The number of fused-ring (bicyclic) bond motifs is 1. The third-order valence-corrected chi connectivity index (χ3v) is 2.44. The monoisotopic (exact) mass is 240 g/mol. The Balaban J connectivity index is 2.83. The van der Waals surface area contributed by atoms with E-state index in [4.69, 9.17) is 17.4 Å². The highest BCUT2D eigenvalue weighted by molar-refractivity contribution is 6.31. The lowest BCUT2D eigenvalue weighted by Gasteiger charge is -2.07. The van der Waals surface area contributed by atoms with Crippen LogP contribution in [0.4, 0.5) is 10.2 Å². The highest BCUT2D eigenvalue weighted by atomic mass is 35.5. The molecule has 2 aromatic rings. The first-order valence-electron chi connectivity index (χ1n) is 4.78. The molecule has 84 valence electrons. The molecule has 0 fully saturated rings. The van der Waals surface area contributed by atoms with Crippen molar-refractivity contribution in [3.8, 4) is 0 Å². The van der Waals surface area contributed by atoms with Crippen LogP contribution in [0.1, 0.15) is 12.7 Å². The molecule has 0 radical (unpaired) electrons. The summed E-state index contributed by atoms with van der Waals surface area (Å²) in [4.78, 5) is 8.25. The van der Waals surface area contributed by atoms with E-state index in [1.54, 1.807) is 6.07 Å². The summed E-state index contributed by atoms with van der Waals surface area (Å²) in [6.07, 6.45) is 0.604. The topological polar surface area (TPSA) is 63.8 Å². The fourth-order valence-corrected chi connectivity index (χ4v) is 1.68. The number of nitrogens with two attached hydrogens (primary N) is 1. The predicted molar refractivity (Wildman–Crippen MR) is 61.7 cm³/mol. The smallest absolute Gasteiger partial charge is 0.151 e. The van der Waals surface area contributed by atoms with Gasteiger partial charge in [-0.25, -0.2) is 20.2 Å². The predicted octanol–water partition coefficient (Wildman–Crippen LogP) is 2.27. The SMILES string of the molecule is CCc1nc(NN)c2cc(Cl)cc(F)c2n1. The number of nitrogens with zero attached hydrogens (tertiary/aromatic N) is 2. The number of benzene rings is 1. The quantitative estimate of drug-likeness (QED) is 0.624. The molecule has 4 nitrogen and oxygen atoms in total. The Kier molecular flexibility index (Phi) is 2.89. The minimum Gasteiger partial charge on any atom is -0.308 e. The maximum absolute atomic E-state index is 13.6. The zero-order chi connectivity index (χ0) is 11.7. The van der Waals surface area contributed by atoms with Crippen molar-refractivity contribution in [2.45, 2.75) is 13.3 Å². The lowest BCUT2D eigenvalue weighted by Crippen LogP contribution is -2.11. The van der Waals surface area contributed by atoms with E-state index in [9.17, 15) is 4.39 Å². The number of hydrogen-bond donors (Lipinski definition) is 2. The first-order chi connectivity index (χ1) is 7.65. The zero-order valence-electron chi connectivity index (χ0n) is 8.59. The Morgan fingerprint density at radius 2 is 2.19 bits per heavy atom. The fourth-order valence-electron chi connectivity index (χ4n) is 1.47. The Labute approximate surface area is 96.6 Å². The van der Waals surface area contributed by atoms with Crippen LogP contribution in [0.15, 0.2) is 12.1 Å². The van der Waals surface area contributed by atoms with Crippen molar-refractivity contribution in [2.24, 2.45) is 5.84 Å². The molecular weight excluding hydrogens is 231 g/mol. The second kappa shape index (κ2) is 4.19. The molecular formula is C10H10ClFN4. The molecule has 1 aromatic carbocycles. The average molecular weight is 241 g/mol. The van der Waals surface area contributed by atoms with Crippen LogP contribution in [-0.4, -0.2) is 9.97 Å². The minimum absolute atomic E-state index is 0.226. The van der Waals surface area contributed by atoms with Crippen LogP contribution in [0.25, 0.3) is 10.9 Å². The number of nitrogen functional groups attached to an aromatic ring is 1. The fraction of sp³-hybridized carbons (Fsp3) is 0.200. The third kappa shape index (κ3) is 1.79. The van der Waals surface area contributed by atoms with Gasteiger partial charge < -0.3 is 5.43 Å². The highest BCUT2D eigenvalue weighted by Gasteiger charge is 2.11. The molecule has 0 amide bonds. The number of aromatic nitrogens is 2. The van der Waals surface area contributed by atoms with Crippen molar-refractivity contribution in [3.63, 3.8) is 0 Å². The molecule has 1 heterocycles. The summed E-state index contributed by atoms with van der Waals surface area (Å²) < 4.78 is 13.6. The molecule has 0 spiro atoms. The van der Waals surface area contributed by atoms with Crippen molar-refractivity contribution in [1.82, 2.24) is 9.97 Å². The number of aryl methyl sites for hydroxylation is 1. The number of rotatable bonds is 2. The van der Waals surface area contributed by atoms with E-state index >= 15 is 0 Å². The number of hydrogen-bond acceptors (Lipinski definition) is 4. The summed E-state index contributed by atoms with van der Waals surface area (Å²) in [5, 5.41) is 0.763. The van der Waals surface area contributed by atoms with E-state index in [0.717, 1.165) is 0 Å². The molecule has 0 aliphatic rings. The van der Waals surface area contributed by atoms with Gasteiger partial charge in [-0.1, -0.05) is 18.5 Å². The number of anilines is 1. The Morgan fingerprint density at radius 3 is 2.81 bits per heavy atom. The number of nitrogens with one attached hydrogen (secondary N) is 1. The molecule has 0 bridgehead atoms. The van der Waals surface area contributed by atoms with Crippen molar-refractivity contribution < 1.29 is 4.39 Å². The summed E-state index contributed by atoms with van der Waals surface area (Å²) in [5.41, 5.74) is 2.65. The van der Waals surface area contributed by atoms with Crippen LogP contribution in [0.2, 0.25) is 5.02 Å². The van der Waals surface area contributed by atoms with Crippen molar-refractivity contribution >= 4 is 28.3 Å². The molecule has 0 unspecified atom stereocenters. The van der Waals surface area contributed by atoms with E-state index in [2.05, 4.69) is 15.4 Å². The van der Waals surface area contributed by atoms with Gasteiger partial charge in [0.2, 0.25) is 0 Å². The minimum atomic E-state index is -0.476. The van der Waals surface area contributed by atoms with Crippen LogP contribution in [0, 0.1) is 5.82 Å². The van der Waals surface area contributed by atoms with E-state index in [1.807, 2.05) is 6.92 Å². The third-order valence-electron chi connectivity index (χ3n) is 2.22. The van der Waals surface area contributed by atoms with Crippen molar-refractivity contribution in [3.05, 3.63) is 28.8 Å². The molecule has 1 aromatic heterocycles. The molecule has 3 N–H and O–H groups in total. The van der Waals surface area contributed by atoms with Gasteiger partial charge in [0, 0.05) is 16.8 Å². The lowest BCUT2D eigenvalue weighted by atomic mass is 10.2. The van der Waals surface area contributed by atoms with Crippen molar-refractivity contribution in [2.75, 3.05) is 5.43 Å². The van der Waals surface area contributed by atoms with Gasteiger partial charge in [-0.15, -0.1) is 0 Å². The van der Waals surface area contributed by atoms with Gasteiger partial charge in [-0.05, 0) is 12.1 Å². The molecule has 0 aliphatic carbocycles. The molecule has 0 saturated carbocycles. The summed E-state index contributed by atoms with van der Waals surface area (Å²) in [6, 6.07) is 2.80. The van der Waals surface area contributed by atoms with Gasteiger partial charge in [0.25, 0.3) is 0 Å². The van der Waals surface area contributed by atoms with Gasteiger partial charge in [0.1, 0.15) is 11.3 Å². The molecule has 2 rings (SSSR count). The van der Waals surface area contributed by atoms with Gasteiger partial charge in [0.05, 0.1) is 0 Å². The average Bonchev–Trinajstić information content (AvgIpc) is 2.28. The largest absolute Gasteiger partial charge is 0.308 e. The summed E-state index contributed by atoms with van der Waals surface area (Å²) >= 11 is 5.76. The highest BCUT2D eigenvalue weighted by Crippen LogP contribution is 2.26. The van der Waals surface area contributed by atoms with Crippen LogP contribution in [0.3, 0.4) is 0 Å². The van der Waals surface area contributed by atoms with Crippen molar-refractivity contribution in [1.29, 1.82) is 0 Å². The van der Waals surface area contributed by atoms with E-state index in [0.29, 0.717) is 23.4 Å². The first-order valence-corrected chi connectivity index (χ1v) is 5.15. The Bertz CT molecular complexity index is 544. The van der Waals surface area contributed by atoms with Crippen LogP contribution >= 0.6 is 11.6 Å². The zero-order valence-corrected chi connectivity index (χ0v) is 9.35. The first kappa shape index (κ1) is 11.0. The number of hydrazine groups is 1. The lowest BCUT2D eigenvalue weighted by molar-refractivity contribution is 0.635. The molecule has 16 heavy (non-hydrogen) atoms. The van der Waals surface area contributed by atoms with Crippen LogP contribution in [-0.2, 0) is 6.42 Å². The van der Waals surface area contributed by atoms with E-state index < -0.39 is 5.82 Å². The van der Waals surface area contributed by atoms with Gasteiger partial charge in [0.15, 0.2) is 11.6 Å². The number of halogens is 2. The van der Waals surface area contributed by atoms with Gasteiger partial charge in [-0.3, -0.25) is 0 Å². The standard InChI is InChI=1S/C10H10ClFN4/c1-2-8-14-9-6(10(15-8)16-13)3-5(11)4-7(9)12/h3-4H,2,13H2,1H3,(H,14,15,16). The van der Waals surface area contributed by atoms with Gasteiger partial charge >= 0.3 is 0 Å². The maximum Gasteiger partial charge on any atom is 0.151 e. The molecule has 6 heteroatoms. The van der Waals surface area contributed by atoms with Crippen LogP contribution < -0.4 is 11.3 Å². The Hall–Kier alpha value is -1.46. The molecule has 0 aliphatic heterocycles. The normalized spacial score (nSPS) is 10.8. The summed E-state index contributed by atoms with van der Waals surface area (Å²) in [5.74, 6) is 5.77. The second-order valence-corrected chi connectivity index (χ2v) is 3.71. The van der Waals surface area contributed by atoms with Gasteiger partial charge in [-0.2, -0.15) is 0 Å².